The summed E-state index contributed by atoms with van der Waals surface area (Å²) in [6.07, 6.45) is -6.20. The summed E-state index contributed by atoms with van der Waals surface area (Å²) in [5.41, 5.74) is -1.32. The molecule has 0 aliphatic rings. The van der Waals surface area contributed by atoms with Crippen LogP contribution < -0.4 is 0 Å². The Morgan fingerprint density at radius 1 is 1.05 bits per heavy atom. The SMILES string of the molecule is C=C(Cl)C(=O)OC(F)(C(F)(F)F)C(F)(F)c1ccccc1. The van der Waals surface area contributed by atoms with Crippen molar-refractivity contribution >= 4 is 17.6 Å². The molecule has 0 aliphatic carbocycles. The zero-order valence-electron chi connectivity index (χ0n) is 10.1. The Bertz CT molecular complexity index is 542. The summed E-state index contributed by atoms with van der Waals surface area (Å²) in [5.74, 6) is -12.9. The van der Waals surface area contributed by atoms with Crippen LogP contribution in [0, 0.1) is 0 Å². The van der Waals surface area contributed by atoms with Crippen molar-refractivity contribution in [3.05, 3.63) is 47.5 Å². The maximum atomic E-state index is 14.0. The number of halogens is 7. The van der Waals surface area contributed by atoms with Crippen LogP contribution in [-0.2, 0) is 15.5 Å². The number of hydrogen-bond donors (Lipinski definition) is 0. The highest BCUT2D eigenvalue weighted by Gasteiger charge is 2.75. The van der Waals surface area contributed by atoms with Crippen molar-refractivity contribution in [1.82, 2.24) is 0 Å². The lowest BCUT2D eigenvalue weighted by atomic mass is 10.0. The molecule has 1 aromatic carbocycles. The summed E-state index contributed by atoms with van der Waals surface area (Å²) in [4.78, 5) is 11.0. The minimum atomic E-state index is -6.20. The molecular formula is C12H7ClF6O2. The first-order chi connectivity index (χ1) is 9.43. The van der Waals surface area contributed by atoms with Gasteiger partial charge in [-0.1, -0.05) is 48.5 Å². The molecule has 2 nitrogen and oxygen atoms in total. The summed E-state index contributed by atoms with van der Waals surface area (Å²) in [7, 11) is 0. The molecule has 0 bridgehead atoms. The molecule has 0 saturated carbocycles. The third-order valence-corrected chi connectivity index (χ3v) is 2.51. The highest BCUT2D eigenvalue weighted by Crippen LogP contribution is 2.51. The topological polar surface area (TPSA) is 26.3 Å². The Kier molecular flexibility index (Phi) is 4.62. The average molecular weight is 333 g/mol. The van der Waals surface area contributed by atoms with E-state index >= 15 is 0 Å². The van der Waals surface area contributed by atoms with Gasteiger partial charge in [0, 0.05) is 5.56 Å². The van der Waals surface area contributed by atoms with E-state index in [4.69, 9.17) is 11.6 Å². The van der Waals surface area contributed by atoms with Gasteiger partial charge < -0.3 is 4.74 Å². The van der Waals surface area contributed by atoms with Crippen LogP contribution >= 0.6 is 11.6 Å². The summed E-state index contributed by atoms with van der Waals surface area (Å²) >= 11 is 4.93. The molecule has 9 heteroatoms. The predicted octanol–water partition coefficient (Wildman–Crippen LogP) is 4.30. The third kappa shape index (κ3) is 3.15. The van der Waals surface area contributed by atoms with E-state index < -0.39 is 34.5 Å². The van der Waals surface area contributed by atoms with Gasteiger partial charge in [0.15, 0.2) is 0 Å². The van der Waals surface area contributed by atoms with E-state index in [1.165, 1.54) is 6.07 Å². The third-order valence-electron chi connectivity index (χ3n) is 2.36. The molecule has 21 heavy (non-hydrogen) atoms. The number of hydrogen-bond acceptors (Lipinski definition) is 2. The summed E-state index contributed by atoms with van der Waals surface area (Å²) < 4.78 is 83.1. The van der Waals surface area contributed by atoms with E-state index in [1.54, 1.807) is 0 Å². The van der Waals surface area contributed by atoms with Gasteiger partial charge in [0.25, 0.3) is 0 Å². The largest absolute Gasteiger partial charge is 0.467 e. The Balaban J connectivity index is 3.38. The number of esters is 1. The highest BCUT2D eigenvalue weighted by molar-refractivity contribution is 6.40. The molecule has 1 atom stereocenters. The van der Waals surface area contributed by atoms with E-state index in [0.29, 0.717) is 12.1 Å². The van der Waals surface area contributed by atoms with Crippen molar-refractivity contribution in [3.63, 3.8) is 0 Å². The Morgan fingerprint density at radius 3 is 1.90 bits per heavy atom. The van der Waals surface area contributed by atoms with Crippen LogP contribution in [0.25, 0.3) is 0 Å². The van der Waals surface area contributed by atoms with E-state index in [1.807, 2.05) is 0 Å². The van der Waals surface area contributed by atoms with Gasteiger partial charge in [0.1, 0.15) is 5.03 Å². The van der Waals surface area contributed by atoms with Crippen LogP contribution in [0.5, 0.6) is 0 Å². The van der Waals surface area contributed by atoms with E-state index in [9.17, 15) is 31.1 Å². The number of benzene rings is 1. The van der Waals surface area contributed by atoms with Crippen LogP contribution in [0.2, 0.25) is 0 Å². The molecule has 1 aromatic rings. The molecule has 0 aliphatic heterocycles. The zero-order chi connectivity index (χ0) is 16.5. The molecule has 0 heterocycles. The van der Waals surface area contributed by atoms with E-state index in [-0.39, 0.29) is 0 Å². The standard InChI is InChI=1S/C12H7ClF6O2/c1-7(13)9(20)21-11(16,12(17,18)19)10(14,15)8-5-3-2-4-6-8/h2-6H,1H2. The first-order valence-electron chi connectivity index (χ1n) is 5.20. The lowest BCUT2D eigenvalue weighted by Gasteiger charge is -2.34. The first kappa shape index (κ1) is 17.4. The summed E-state index contributed by atoms with van der Waals surface area (Å²) in [6, 6.07) is 4.30. The molecule has 0 radical (unpaired) electrons. The maximum absolute atomic E-state index is 14.0. The van der Waals surface area contributed by atoms with Gasteiger partial charge in [-0.05, 0) is 0 Å². The summed E-state index contributed by atoms with van der Waals surface area (Å²) in [6.45, 7) is 2.69. The Morgan fingerprint density at radius 2 is 1.52 bits per heavy atom. The number of carbonyl (C=O) groups is 1. The van der Waals surface area contributed by atoms with Crippen molar-refractivity contribution in [3.8, 4) is 0 Å². The van der Waals surface area contributed by atoms with Gasteiger partial charge >= 0.3 is 23.9 Å². The Hall–Kier alpha value is -1.70. The summed E-state index contributed by atoms with van der Waals surface area (Å²) in [5, 5.41) is -1.18. The second-order valence-corrected chi connectivity index (χ2v) is 4.28. The fourth-order valence-electron chi connectivity index (χ4n) is 1.32. The smallest absolute Gasteiger partial charge is 0.410 e. The van der Waals surface area contributed by atoms with Crippen LogP contribution in [-0.4, -0.2) is 18.0 Å². The second-order valence-electron chi connectivity index (χ2n) is 3.83. The zero-order valence-corrected chi connectivity index (χ0v) is 10.8. The minimum absolute atomic E-state index is 0.559. The first-order valence-corrected chi connectivity index (χ1v) is 5.58. The molecule has 0 N–H and O–H groups in total. The Labute approximate surface area is 120 Å². The molecule has 0 spiro atoms. The van der Waals surface area contributed by atoms with Gasteiger partial charge in [-0.15, -0.1) is 0 Å². The molecule has 0 amide bonds. The van der Waals surface area contributed by atoms with Crippen molar-refractivity contribution in [1.29, 1.82) is 0 Å². The van der Waals surface area contributed by atoms with Gasteiger partial charge in [-0.25, -0.2) is 4.79 Å². The van der Waals surface area contributed by atoms with Crippen molar-refractivity contribution in [2.24, 2.45) is 0 Å². The van der Waals surface area contributed by atoms with Crippen LogP contribution in [0.3, 0.4) is 0 Å². The van der Waals surface area contributed by atoms with Crippen molar-refractivity contribution in [2.45, 2.75) is 18.0 Å². The van der Waals surface area contributed by atoms with Crippen molar-refractivity contribution < 1.29 is 35.9 Å². The van der Waals surface area contributed by atoms with E-state index in [2.05, 4.69) is 11.3 Å². The number of carbonyl (C=O) groups excluding carboxylic acids is 1. The minimum Gasteiger partial charge on any atom is -0.410 e. The highest BCUT2D eigenvalue weighted by atomic mass is 35.5. The molecule has 0 saturated heterocycles. The van der Waals surface area contributed by atoms with Crippen LogP contribution in [0.4, 0.5) is 26.3 Å². The van der Waals surface area contributed by atoms with Gasteiger partial charge in [0.05, 0.1) is 0 Å². The maximum Gasteiger partial charge on any atom is 0.467 e. The molecule has 1 rings (SSSR count). The van der Waals surface area contributed by atoms with E-state index in [0.717, 1.165) is 12.1 Å². The van der Waals surface area contributed by atoms with Crippen molar-refractivity contribution in [2.75, 3.05) is 0 Å². The second kappa shape index (κ2) is 5.59. The van der Waals surface area contributed by atoms with Gasteiger partial charge in [-0.3, -0.25) is 0 Å². The molecule has 116 valence electrons. The van der Waals surface area contributed by atoms with Crippen LogP contribution in [0.15, 0.2) is 41.9 Å². The molecule has 1 unspecified atom stereocenters. The lowest BCUT2D eigenvalue weighted by Crippen LogP contribution is -2.56. The average Bonchev–Trinajstić information content (AvgIpc) is 2.37. The fourth-order valence-corrected chi connectivity index (χ4v) is 1.35. The van der Waals surface area contributed by atoms with Gasteiger partial charge in [0.2, 0.25) is 0 Å². The number of alkyl halides is 6. The lowest BCUT2D eigenvalue weighted by molar-refractivity contribution is -0.390. The molecular weight excluding hydrogens is 326 g/mol. The number of rotatable bonds is 4. The normalized spacial score (nSPS) is 15.2. The van der Waals surface area contributed by atoms with Gasteiger partial charge in [-0.2, -0.15) is 26.3 Å². The molecule has 0 fully saturated rings. The predicted molar refractivity (Wildman–Crippen MR) is 61.3 cm³/mol. The number of ether oxygens (including phenoxy) is 1. The quantitative estimate of drug-likeness (QED) is 0.467. The monoisotopic (exact) mass is 332 g/mol. The fraction of sp³-hybridized carbons (Fsp3) is 0.250. The van der Waals surface area contributed by atoms with Crippen LogP contribution in [0.1, 0.15) is 5.56 Å². The molecule has 0 aromatic heterocycles.